The second-order valence-electron chi connectivity index (χ2n) is 4.72. The van der Waals surface area contributed by atoms with E-state index in [2.05, 4.69) is 78.9 Å². The van der Waals surface area contributed by atoms with Crippen LogP contribution in [0.15, 0.2) is 82.8 Å². The molecule has 0 saturated heterocycles. The van der Waals surface area contributed by atoms with Crippen LogP contribution >= 0.6 is 0 Å². The third-order valence-electron chi connectivity index (χ3n) is 3.37. The zero-order valence-electron chi connectivity index (χ0n) is 10.8. The summed E-state index contributed by atoms with van der Waals surface area (Å²) in [5, 5.41) is 0. The van der Waals surface area contributed by atoms with Gasteiger partial charge in [0.2, 0.25) is 0 Å². The van der Waals surface area contributed by atoms with E-state index in [4.69, 9.17) is 0 Å². The minimum atomic E-state index is -0.155. The second-order valence-corrected chi connectivity index (χ2v) is 7.08. The minimum absolute atomic E-state index is 0.155. The Morgan fingerprint density at radius 3 is 1.84 bits per heavy atom. The summed E-state index contributed by atoms with van der Waals surface area (Å²) in [4.78, 5) is 0. The molecule has 0 aliphatic heterocycles. The summed E-state index contributed by atoms with van der Waals surface area (Å²) in [6.45, 7) is 0. The van der Waals surface area contributed by atoms with Crippen LogP contribution in [-0.2, 0) is 19.2 Å². The first kappa shape index (κ1) is 12.7. The Morgan fingerprint density at radius 2 is 1.37 bits per heavy atom. The first-order valence-corrected chi connectivity index (χ1v) is 8.34. The van der Waals surface area contributed by atoms with E-state index in [1.165, 1.54) is 11.1 Å². The first-order chi connectivity index (χ1) is 9.43. The second kappa shape index (κ2) is 6.19. The summed E-state index contributed by atoms with van der Waals surface area (Å²) in [6, 6.07) is 21.9. The molecule has 0 nitrogen and oxygen atoms in total. The van der Waals surface area contributed by atoms with Gasteiger partial charge in [-0.3, -0.25) is 0 Å². The fraction of sp³-hybridized carbons (Fsp3) is 0.111. The van der Waals surface area contributed by atoms with E-state index in [0.29, 0.717) is 4.22 Å². The van der Waals surface area contributed by atoms with Crippen LogP contribution in [0.3, 0.4) is 0 Å². The van der Waals surface area contributed by atoms with Crippen molar-refractivity contribution >= 4 is 0 Å². The van der Waals surface area contributed by atoms with Gasteiger partial charge in [0.05, 0.1) is 0 Å². The number of allylic oxidation sites excluding steroid dienone is 4. The van der Waals surface area contributed by atoms with Gasteiger partial charge in [-0.2, -0.15) is 0 Å². The predicted octanol–water partition coefficient (Wildman–Crippen LogP) is 4.70. The molecule has 0 atom stereocenters. The van der Waals surface area contributed by atoms with Gasteiger partial charge in [0.25, 0.3) is 0 Å². The average molecular weight is 280 g/mol. The Labute approximate surface area is 123 Å². The molecule has 1 heteroatoms. The van der Waals surface area contributed by atoms with Crippen molar-refractivity contribution in [3.8, 4) is 0 Å². The van der Waals surface area contributed by atoms with Gasteiger partial charge in [0.15, 0.2) is 0 Å². The van der Waals surface area contributed by atoms with Gasteiger partial charge in [-0.1, -0.05) is 0 Å². The molecule has 2 aromatic carbocycles. The fourth-order valence-corrected chi connectivity index (χ4v) is 4.76. The van der Waals surface area contributed by atoms with E-state index in [1.54, 1.807) is 3.88 Å². The van der Waals surface area contributed by atoms with Gasteiger partial charge in [-0.05, 0) is 0 Å². The Kier molecular flexibility index (Phi) is 4.12. The number of hydrogen-bond acceptors (Lipinski definition) is 0. The first-order valence-electron chi connectivity index (χ1n) is 6.65. The van der Waals surface area contributed by atoms with Crippen LogP contribution in [0.5, 0.6) is 0 Å². The molecule has 0 fully saturated rings. The summed E-state index contributed by atoms with van der Waals surface area (Å²) >= 11 is -0.155. The predicted molar refractivity (Wildman–Crippen MR) is 76.6 cm³/mol. The topological polar surface area (TPSA) is 0 Å². The summed E-state index contributed by atoms with van der Waals surface area (Å²) in [6.07, 6.45) is 7.95. The molecule has 2 aromatic rings. The summed E-state index contributed by atoms with van der Waals surface area (Å²) < 4.78 is 2.24. The Hall–Kier alpha value is -1.37. The SMILES string of the molecule is C1=CC[C]([Ti][CH](c2ccccc2)c2ccccc2)=C1. The Balaban J connectivity index is 1.92. The Morgan fingerprint density at radius 1 is 0.789 bits per heavy atom. The van der Waals surface area contributed by atoms with Gasteiger partial charge >= 0.3 is 124 Å². The standard InChI is InChI=1S/C13H11.C5H5.Ti/c1-3-7-12(8-4-1)11-13-9-5-2-6-10-13;1-2-4-5-3-1;/h1-11H;1-3H,4H2;. The van der Waals surface area contributed by atoms with Crippen molar-refractivity contribution in [2.24, 2.45) is 0 Å². The van der Waals surface area contributed by atoms with Crippen molar-refractivity contribution < 1.29 is 19.2 Å². The summed E-state index contributed by atoms with van der Waals surface area (Å²) in [5.74, 6) is 0. The third-order valence-corrected chi connectivity index (χ3v) is 6.02. The summed E-state index contributed by atoms with van der Waals surface area (Å²) in [7, 11) is 0. The van der Waals surface area contributed by atoms with Gasteiger partial charge in [0.1, 0.15) is 0 Å². The van der Waals surface area contributed by atoms with E-state index >= 15 is 0 Å². The van der Waals surface area contributed by atoms with Gasteiger partial charge < -0.3 is 0 Å². The number of rotatable bonds is 4. The molecule has 92 valence electrons. The van der Waals surface area contributed by atoms with Gasteiger partial charge in [0, 0.05) is 0 Å². The maximum atomic E-state index is 2.32. The van der Waals surface area contributed by atoms with Crippen LogP contribution in [0.25, 0.3) is 0 Å². The van der Waals surface area contributed by atoms with E-state index in [9.17, 15) is 0 Å². The molecule has 1 aliphatic rings. The van der Waals surface area contributed by atoms with Crippen LogP contribution < -0.4 is 0 Å². The van der Waals surface area contributed by atoms with Gasteiger partial charge in [-0.15, -0.1) is 0 Å². The molecule has 0 saturated carbocycles. The number of benzene rings is 2. The van der Waals surface area contributed by atoms with Crippen molar-refractivity contribution in [3.63, 3.8) is 0 Å². The normalized spacial score (nSPS) is 13.6. The zero-order valence-corrected chi connectivity index (χ0v) is 12.4. The summed E-state index contributed by atoms with van der Waals surface area (Å²) in [5.41, 5.74) is 2.92. The molecule has 0 radical (unpaired) electrons. The van der Waals surface area contributed by atoms with Crippen LogP contribution in [0, 0.1) is 0 Å². The molecule has 19 heavy (non-hydrogen) atoms. The maximum absolute atomic E-state index is 2.32. The van der Waals surface area contributed by atoms with Crippen molar-refractivity contribution in [2.45, 2.75) is 10.6 Å². The molecular weight excluding hydrogens is 264 g/mol. The van der Waals surface area contributed by atoms with Crippen molar-refractivity contribution in [1.29, 1.82) is 0 Å². The molecular formula is C18H16Ti. The fourth-order valence-electron chi connectivity index (χ4n) is 2.39. The molecule has 0 amide bonds. The van der Waals surface area contributed by atoms with Crippen molar-refractivity contribution in [3.05, 3.63) is 93.9 Å². The average Bonchev–Trinajstić information content (AvgIpc) is 3.00. The monoisotopic (exact) mass is 280 g/mol. The van der Waals surface area contributed by atoms with Crippen LogP contribution in [0.2, 0.25) is 0 Å². The molecule has 0 aromatic heterocycles. The van der Waals surface area contributed by atoms with E-state index in [1.807, 2.05) is 0 Å². The van der Waals surface area contributed by atoms with Crippen LogP contribution in [0.4, 0.5) is 0 Å². The van der Waals surface area contributed by atoms with Crippen molar-refractivity contribution in [1.82, 2.24) is 0 Å². The molecule has 3 rings (SSSR count). The van der Waals surface area contributed by atoms with Gasteiger partial charge in [-0.25, -0.2) is 0 Å². The van der Waals surface area contributed by atoms with E-state index in [0.717, 1.165) is 6.42 Å². The van der Waals surface area contributed by atoms with Crippen molar-refractivity contribution in [2.75, 3.05) is 0 Å². The third kappa shape index (κ3) is 3.15. The molecule has 0 bridgehead atoms. The quantitative estimate of drug-likeness (QED) is 0.712. The van der Waals surface area contributed by atoms with Crippen LogP contribution in [-0.4, -0.2) is 0 Å². The Bertz CT molecular complexity index is 542. The van der Waals surface area contributed by atoms with Crippen LogP contribution in [0.1, 0.15) is 21.8 Å². The molecule has 0 N–H and O–H groups in total. The molecule has 0 unspecified atom stereocenters. The molecule has 0 heterocycles. The number of hydrogen-bond donors (Lipinski definition) is 0. The molecule has 1 aliphatic carbocycles. The molecule has 0 spiro atoms. The zero-order chi connectivity index (χ0) is 12.9. The van der Waals surface area contributed by atoms with E-state index < -0.39 is 0 Å². The van der Waals surface area contributed by atoms with E-state index in [-0.39, 0.29) is 19.2 Å².